The van der Waals surface area contributed by atoms with E-state index in [0.717, 1.165) is 11.1 Å². The number of allylic oxidation sites excluding steroid dienone is 1. The van der Waals surface area contributed by atoms with E-state index in [0.29, 0.717) is 19.5 Å². The van der Waals surface area contributed by atoms with Gasteiger partial charge in [0.1, 0.15) is 18.9 Å². The largest absolute Gasteiger partial charge is 0.457 e. The molecular weight excluding hydrogens is 388 g/mol. The van der Waals surface area contributed by atoms with Gasteiger partial charge in [0.15, 0.2) is 0 Å². The predicted octanol–water partition coefficient (Wildman–Crippen LogP) is 1.78. The van der Waals surface area contributed by atoms with Crippen LogP contribution < -0.4 is 0 Å². The second kappa shape index (κ2) is 8.87. The van der Waals surface area contributed by atoms with Gasteiger partial charge in [0, 0.05) is 19.0 Å². The Labute approximate surface area is 176 Å². The van der Waals surface area contributed by atoms with Crippen LogP contribution in [0.25, 0.3) is 0 Å². The Balaban J connectivity index is 1.75. The van der Waals surface area contributed by atoms with Gasteiger partial charge in [-0.1, -0.05) is 31.4 Å². The van der Waals surface area contributed by atoms with Gasteiger partial charge in [-0.05, 0) is 31.4 Å². The van der Waals surface area contributed by atoms with Crippen LogP contribution in [0.2, 0.25) is 0 Å². The van der Waals surface area contributed by atoms with E-state index in [9.17, 15) is 19.5 Å². The smallest absolute Gasteiger partial charge is 0.410 e. The molecule has 0 spiro atoms. The van der Waals surface area contributed by atoms with Crippen molar-refractivity contribution in [2.24, 2.45) is 11.8 Å². The van der Waals surface area contributed by atoms with E-state index in [1.165, 1.54) is 17.1 Å². The van der Waals surface area contributed by atoms with Gasteiger partial charge in [0.25, 0.3) is 0 Å². The highest BCUT2D eigenvalue weighted by Crippen LogP contribution is 2.46. The first kappa shape index (κ1) is 21.8. The number of fused-ring (bicyclic) bond motifs is 1. The molecule has 0 aromatic rings. The van der Waals surface area contributed by atoms with E-state index >= 15 is 0 Å². The number of aliphatic hydroxyl groups is 1. The number of esters is 1. The number of carbonyl (C=O) groups is 3. The van der Waals surface area contributed by atoms with Crippen LogP contribution in [0.3, 0.4) is 0 Å². The Morgan fingerprint density at radius 3 is 2.47 bits per heavy atom. The second-order valence-corrected chi connectivity index (χ2v) is 7.84. The third-order valence-electron chi connectivity index (χ3n) is 5.71. The lowest BCUT2D eigenvalue weighted by molar-refractivity contribution is -0.162. The van der Waals surface area contributed by atoms with E-state index in [2.05, 4.69) is 13.2 Å². The first-order valence-electron chi connectivity index (χ1n) is 10.0. The average molecular weight is 416 g/mol. The topological polar surface area (TPSA) is 96.4 Å². The van der Waals surface area contributed by atoms with Crippen molar-refractivity contribution in [3.8, 4) is 0 Å². The Bertz CT molecular complexity index is 821. The first-order chi connectivity index (χ1) is 14.3. The number of β-lactam (4-membered cyclic amide) rings is 1. The Hall–Kier alpha value is -2.87. The number of ether oxygens (including phenoxy) is 2. The lowest BCUT2D eigenvalue weighted by Crippen LogP contribution is -2.61. The van der Waals surface area contributed by atoms with Crippen LogP contribution in [-0.2, 0) is 19.1 Å². The molecule has 3 heterocycles. The first-order valence-corrected chi connectivity index (χ1v) is 10.0. The van der Waals surface area contributed by atoms with Crippen molar-refractivity contribution in [3.63, 3.8) is 0 Å². The highest BCUT2D eigenvalue weighted by atomic mass is 16.6. The molecule has 30 heavy (non-hydrogen) atoms. The number of hydrogen-bond acceptors (Lipinski definition) is 6. The predicted molar refractivity (Wildman–Crippen MR) is 109 cm³/mol. The summed E-state index contributed by atoms with van der Waals surface area (Å²) in [6.07, 6.45) is 4.33. The molecule has 0 unspecified atom stereocenters. The summed E-state index contributed by atoms with van der Waals surface area (Å²) in [6, 6.07) is -0.242. The van der Waals surface area contributed by atoms with Gasteiger partial charge in [-0.15, -0.1) is 0 Å². The number of carbonyl (C=O) groups excluding carboxylic acids is 3. The van der Waals surface area contributed by atoms with Gasteiger partial charge in [-0.25, -0.2) is 9.59 Å². The van der Waals surface area contributed by atoms with E-state index in [1.807, 2.05) is 13.0 Å². The highest BCUT2D eigenvalue weighted by Gasteiger charge is 2.57. The molecule has 3 aliphatic heterocycles. The zero-order valence-corrected chi connectivity index (χ0v) is 17.4. The number of likely N-dealkylation sites (tertiary alicyclic amines) is 1. The summed E-state index contributed by atoms with van der Waals surface area (Å²) in [5, 5.41) is 9.95. The molecule has 1 N–H and O–H groups in total. The second-order valence-electron chi connectivity index (χ2n) is 7.84. The minimum Gasteiger partial charge on any atom is -0.457 e. The van der Waals surface area contributed by atoms with E-state index < -0.39 is 18.0 Å². The summed E-state index contributed by atoms with van der Waals surface area (Å²) >= 11 is 0. The van der Waals surface area contributed by atoms with E-state index in [1.54, 1.807) is 11.8 Å². The van der Waals surface area contributed by atoms with E-state index in [4.69, 9.17) is 9.47 Å². The maximum Gasteiger partial charge on any atom is 0.410 e. The van der Waals surface area contributed by atoms with Gasteiger partial charge in [-0.3, -0.25) is 4.79 Å². The third kappa shape index (κ3) is 3.92. The van der Waals surface area contributed by atoms with Crippen LogP contribution >= 0.6 is 0 Å². The summed E-state index contributed by atoms with van der Waals surface area (Å²) in [7, 11) is 0. The lowest BCUT2D eigenvalue weighted by atomic mass is 9.82. The molecule has 2 amide bonds. The van der Waals surface area contributed by atoms with Gasteiger partial charge in [0.2, 0.25) is 5.91 Å². The Morgan fingerprint density at radius 2 is 1.87 bits per heavy atom. The van der Waals surface area contributed by atoms with Crippen LogP contribution in [0.1, 0.15) is 20.3 Å². The normalized spacial score (nSPS) is 24.6. The number of rotatable bonds is 8. The summed E-state index contributed by atoms with van der Waals surface area (Å²) in [4.78, 5) is 40.1. The molecule has 8 nitrogen and oxygen atoms in total. The lowest BCUT2D eigenvalue weighted by Gasteiger charge is -2.44. The van der Waals surface area contributed by atoms with Crippen molar-refractivity contribution < 1.29 is 29.0 Å². The molecule has 2 fully saturated rings. The van der Waals surface area contributed by atoms with Crippen molar-refractivity contribution in [1.29, 1.82) is 0 Å². The number of amides is 2. The summed E-state index contributed by atoms with van der Waals surface area (Å²) < 4.78 is 10.2. The van der Waals surface area contributed by atoms with Crippen LogP contribution in [-0.4, -0.2) is 71.3 Å². The summed E-state index contributed by atoms with van der Waals surface area (Å²) in [5.41, 5.74) is 1.87. The van der Waals surface area contributed by atoms with Crippen LogP contribution in [0.15, 0.2) is 48.2 Å². The van der Waals surface area contributed by atoms with Gasteiger partial charge < -0.3 is 24.4 Å². The maximum absolute atomic E-state index is 12.7. The number of aliphatic hydroxyl groups excluding tert-OH is 1. The molecule has 0 saturated carbocycles. The number of hydrogen-bond donors (Lipinski definition) is 1. The zero-order valence-electron chi connectivity index (χ0n) is 17.4. The molecule has 3 aliphatic rings. The molecule has 0 radical (unpaired) electrons. The fourth-order valence-electron chi connectivity index (χ4n) is 4.26. The average Bonchev–Trinajstić information content (AvgIpc) is 3.01. The molecule has 0 aromatic carbocycles. The van der Waals surface area contributed by atoms with Crippen LogP contribution in [0, 0.1) is 11.8 Å². The van der Waals surface area contributed by atoms with Crippen LogP contribution in [0.5, 0.6) is 0 Å². The molecule has 3 rings (SSSR count). The molecule has 0 aromatic heterocycles. The fourth-order valence-corrected chi connectivity index (χ4v) is 4.26. The molecular formula is C22H28N2O6. The van der Waals surface area contributed by atoms with Crippen LogP contribution in [0.4, 0.5) is 4.79 Å². The molecule has 0 aliphatic carbocycles. The standard InChI is InChI=1S/C22H28N2O6/c1-5-7-29-21(27)19-16(10-17-18(14(4)25)20(26)24(17)19)13(3)9-15-11-23(12-15)22(28)30-8-6-2/h5-6,9,14-15,17-18,25H,1-2,7-8,10-12H2,3-4H3/t14-,17-,18-/m1/s1. The summed E-state index contributed by atoms with van der Waals surface area (Å²) in [5.74, 6) is -1.21. The molecule has 3 atom stereocenters. The molecule has 2 saturated heterocycles. The van der Waals surface area contributed by atoms with Crippen molar-refractivity contribution >= 4 is 18.0 Å². The summed E-state index contributed by atoms with van der Waals surface area (Å²) in [6.45, 7) is 11.8. The monoisotopic (exact) mass is 416 g/mol. The van der Waals surface area contributed by atoms with Crippen molar-refractivity contribution in [2.75, 3.05) is 26.3 Å². The third-order valence-corrected chi connectivity index (χ3v) is 5.71. The molecule has 0 bridgehead atoms. The Morgan fingerprint density at radius 1 is 1.23 bits per heavy atom. The quantitative estimate of drug-likeness (QED) is 0.368. The molecule has 8 heteroatoms. The SMILES string of the molecule is C=CCOC(=O)C1=C(C(C)=CC2CN(C(=O)OCC=C)C2)C[C@@H]2[C@@H]([C@@H](C)O)C(=O)N12. The number of nitrogens with zero attached hydrogens (tertiary/aromatic N) is 2. The van der Waals surface area contributed by atoms with E-state index in [-0.39, 0.29) is 42.9 Å². The fraction of sp³-hybridized carbons (Fsp3) is 0.500. The van der Waals surface area contributed by atoms with Gasteiger partial charge in [0.05, 0.1) is 18.1 Å². The highest BCUT2D eigenvalue weighted by molar-refractivity contribution is 6.01. The van der Waals surface area contributed by atoms with Crippen molar-refractivity contribution in [3.05, 3.63) is 48.2 Å². The van der Waals surface area contributed by atoms with Gasteiger partial charge >= 0.3 is 12.1 Å². The van der Waals surface area contributed by atoms with Crippen molar-refractivity contribution in [2.45, 2.75) is 32.4 Å². The minimum absolute atomic E-state index is 0.0509. The Kier molecular flexibility index (Phi) is 6.45. The minimum atomic E-state index is -0.783. The maximum atomic E-state index is 12.7. The zero-order chi connectivity index (χ0) is 22.0. The molecule has 162 valence electrons. The van der Waals surface area contributed by atoms with Gasteiger partial charge in [-0.2, -0.15) is 0 Å². The van der Waals surface area contributed by atoms with Crippen molar-refractivity contribution in [1.82, 2.24) is 9.80 Å².